The number of H-pyrrole nitrogens is 1. The molecule has 196 valence electrons. The number of nitrogens with zero attached hydrogens (tertiary/aromatic N) is 1. The third kappa shape index (κ3) is 4.66. The Hall–Kier alpha value is -4.15. The predicted octanol–water partition coefficient (Wildman–Crippen LogP) is 4.56. The first-order valence-electron chi connectivity index (χ1n) is 12.3. The molecule has 3 unspecified atom stereocenters. The first kappa shape index (κ1) is 25.1. The van der Waals surface area contributed by atoms with Gasteiger partial charge < -0.3 is 15.0 Å². The van der Waals surface area contributed by atoms with Crippen LogP contribution < -0.4 is 19.8 Å². The summed E-state index contributed by atoms with van der Waals surface area (Å²) in [4.78, 5) is 57.0. The van der Waals surface area contributed by atoms with Crippen molar-refractivity contribution in [1.29, 1.82) is 0 Å². The Bertz CT molecular complexity index is 1650. The van der Waals surface area contributed by atoms with Crippen molar-refractivity contribution in [3.63, 3.8) is 0 Å². The SMILES string of the molecule is Cc1cccc(NC(=O)COc2ccccc2C2c3sc(=O)[nH]c3SC3C(=O)N(c4ccccc4)C(=O)C32)c1. The van der Waals surface area contributed by atoms with Gasteiger partial charge in [-0.25, -0.2) is 4.90 Å². The first-order valence-corrected chi connectivity index (χ1v) is 14.0. The van der Waals surface area contributed by atoms with Crippen LogP contribution in [0.1, 0.15) is 21.9 Å². The number of aromatic amines is 1. The zero-order valence-corrected chi connectivity index (χ0v) is 22.4. The lowest BCUT2D eigenvalue weighted by molar-refractivity contribution is -0.122. The molecule has 3 amide bonds. The van der Waals surface area contributed by atoms with E-state index in [-0.39, 0.29) is 29.2 Å². The minimum Gasteiger partial charge on any atom is -0.483 e. The fourth-order valence-corrected chi connectivity index (χ4v) is 7.62. The van der Waals surface area contributed by atoms with Crippen molar-refractivity contribution in [1.82, 2.24) is 4.98 Å². The number of carbonyl (C=O) groups is 3. The molecule has 0 bridgehead atoms. The van der Waals surface area contributed by atoms with Crippen LogP contribution in [0.15, 0.2) is 88.7 Å². The van der Waals surface area contributed by atoms with Crippen molar-refractivity contribution in [3.8, 4) is 5.75 Å². The third-order valence-corrected chi connectivity index (χ3v) is 9.15. The van der Waals surface area contributed by atoms with E-state index in [0.29, 0.717) is 32.6 Å². The van der Waals surface area contributed by atoms with Gasteiger partial charge in [0.2, 0.25) is 11.8 Å². The molecular formula is C29H23N3O5S2. The molecule has 0 radical (unpaired) electrons. The zero-order valence-electron chi connectivity index (χ0n) is 20.7. The first-order chi connectivity index (χ1) is 18.9. The molecule has 2 N–H and O–H groups in total. The fourth-order valence-electron chi connectivity index (χ4n) is 5.12. The number of thioether (sulfide) groups is 1. The molecule has 3 aromatic carbocycles. The van der Waals surface area contributed by atoms with Gasteiger partial charge in [0, 0.05) is 22.0 Å². The maximum Gasteiger partial charge on any atom is 0.305 e. The van der Waals surface area contributed by atoms with Crippen molar-refractivity contribution in [2.24, 2.45) is 5.92 Å². The van der Waals surface area contributed by atoms with Gasteiger partial charge in [0.15, 0.2) is 6.61 Å². The molecule has 8 nitrogen and oxygen atoms in total. The lowest BCUT2D eigenvalue weighted by Gasteiger charge is -2.30. The maximum absolute atomic E-state index is 13.9. The van der Waals surface area contributed by atoms with E-state index < -0.39 is 17.1 Å². The van der Waals surface area contributed by atoms with Crippen LogP contribution in [-0.2, 0) is 14.4 Å². The molecule has 10 heteroatoms. The van der Waals surface area contributed by atoms with Gasteiger partial charge in [0.05, 0.1) is 16.6 Å². The monoisotopic (exact) mass is 557 g/mol. The second-order valence-corrected chi connectivity index (χ2v) is 11.5. The van der Waals surface area contributed by atoms with Crippen molar-refractivity contribution in [3.05, 3.63) is 105 Å². The van der Waals surface area contributed by atoms with Crippen molar-refractivity contribution < 1.29 is 19.1 Å². The summed E-state index contributed by atoms with van der Waals surface area (Å²) < 4.78 is 5.99. The molecule has 1 fully saturated rings. The highest BCUT2D eigenvalue weighted by atomic mass is 32.2. The summed E-state index contributed by atoms with van der Waals surface area (Å²) >= 11 is 2.25. The third-order valence-electron chi connectivity index (χ3n) is 6.75. The molecule has 0 saturated carbocycles. The Labute approximate surface area is 232 Å². The van der Waals surface area contributed by atoms with Crippen LogP contribution in [0.4, 0.5) is 11.4 Å². The Morgan fingerprint density at radius 2 is 1.74 bits per heavy atom. The molecule has 1 saturated heterocycles. The summed E-state index contributed by atoms with van der Waals surface area (Å²) in [7, 11) is 0. The van der Waals surface area contributed by atoms with Crippen LogP contribution in [0.25, 0.3) is 0 Å². The number of amides is 3. The number of anilines is 2. The topological polar surface area (TPSA) is 109 Å². The summed E-state index contributed by atoms with van der Waals surface area (Å²) in [5.74, 6) is -1.91. The Balaban J connectivity index is 1.34. The molecule has 0 aliphatic carbocycles. The molecule has 2 aliphatic heterocycles. The van der Waals surface area contributed by atoms with Crippen molar-refractivity contribution >= 4 is 52.2 Å². The van der Waals surface area contributed by atoms with E-state index in [2.05, 4.69) is 10.3 Å². The van der Waals surface area contributed by atoms with Crippen LogP contribution in [0.3, 0.4) is 0 Å². The van der Waals surface area contributed by atoms with E-state index in [1.165, 1.54) is 16.7 Å². The molecule has 0 spiro atoms. The largest absolute Gasteiger partial charge is 0.483 e. The van der Waals surface area contributed by atoms with Gasteiger partial charge in [0.25, 0.3) is 5.91 Å². The standard InChI is InChI=1S/C29H23N3O5S2/c1-16-8-7-9-17(14-16)30-21(33)15-37-20-13-6-5-12-19(20)22-23-25(38-26-24(22)39-29(36)31-26)28(35)32(27(23)34)18-10-3-2-4-11-18/h2-14,22-23,25H,15H2,1H3,(H,30,33)(H,31,36). The molecule has 39 heavy (non-hydrogen) atoms. The molecule has 4 aromatic rings. The number of hydrogen-bond acceptors (Lipinski definition) is 7. The number of fused-ring (bicyclic) bond motifs is 2. The second-order valence-electron chi connectivity index (χ2n) is 9.34. The van der Waals surface area contributed by atoms with E-state index >= 15 is 0 Å². The molecule has 3 heterocycles. The smallest absolute Gasteiger partial charge is 0.305 e. The summed E-state index contributed by atoms with van der Waals surface area (Å²) in [5, 5.41) is 2.70. The highest BCUT2D eigenvalue weighted by Gasteiger charge is 2.56. The maximum atomic E-state index is 13.9. The van der Waals surface area contributed by atoms with E-state index in [1.807, 2.05) is 43.3 Å². The number of hydrogen-bond donors (Lipinski definition) is 2. The lowest BCUT2D eigenvalue weighted by Crippen LogP contribution is -2.32. The van der Waals surface area contributed by atoms with Gasteiger partial charge in [-0.15, -0.1) is 0 Å². The molecule has 6 rings (SSSR count). The number of benzene rings is 3. The van der Waals surface area contributed by atoms with Gasteiger partial charge in [-0.3, -0.25) is 19.2 Å². The number of thiazole rings is 1. The molecular weight excluding hydrogens is 534 g/mol. The summed E-state index contributed by atoms with van der Waals surface area (Å²) in [5.41, 5.74) is 2.84. The number of nitrogens with one attached hydrogen (secondary N) is 2. The van der Waals surface area contributed by atoms with Crippen molar-refractivity contribution in [2.75, 3.05) is 16.8 Å². The lowest BCUT2D eigenvalue weighted by atomic mass is 9.82. The van der Waals surface area contributed by atoms with Gasteiger partial charge >= 0.3 is 4.87 Å². The highest BCUT2D eigenvalue weighted by Crippen LogP contribution is 2.54. The molecule has 2 aliphatic rings. The minimum atomic E-state index is -0.743. The average Bonchev–Trinajstić information content (AvgIpc) is 3.42. The summed E-state index contributed by atoms with van der Waals surface area (Å²) in [6, 6.07) is 23.5. The van der Waals surface area contributed by atoms with E-state index in [1.54, 1.807) is 42.5 Å². The molecule has 3 atom stereocenters. The Morgan fingerprint density at radius 1 is 0.974 bits per heavy atom. The number of para-hydroxylation sites is 2. The number of aromatic nitrogens is 1. The zero-order chi connectivity index (χ0) is 27.1. The van der Waals surface area contributed by atoms with E-state index in [0.717, 1.165) is 16.9 Å². The average molecular weight is 558 g/mol. The van der Waals surface area contributed by atoms with E-state index in [4.69, 9.17) is 4.74 Å². The van der Waals surface area contributed by atoms with Gasteiger partial charge in [-0.05, 0) is 42.8 Å². The van der Waals surface area contributed by atoms with Gasteiger partial charge in [0.1, 0.15) is 11.0 Å². The molecule has 1 aromatic heterocycles. The van der Waals surface area contributed by atoms with E-state index in [9.17, 15) is 19.2 Å². The number of carbonyl (C=O) groups excluding carboxylic acids is 3. The minimum absolute atomic E-state index is 0.250. The predicted molar refractivity (Wildman–Crippen MR) is 151 cm³/mol. The van der Waals surface area contributed by atoms with Crippen LogP contribution >= 0.6 is 23.1 Å². The highest BCUT2D eigenvalue weighted by molar-refractivity contribution is 8.00. The normalized spacial score (nSPS) is 19.9. The van der Waals surface area contributed by atoms with Crippen LogP contribution in [0.2, 0.25) is 0 Å². The Morgan fingerprint density at radius 3 is 2.54 bits per heavy atom. The number of aryl methyl sites for hydroxylation is 1. The van der Waals surface area contributed by atoms with Crippen LogP contribution in [-0.4, -0.2) is 34.6 Å². The van der Waals surface area contributed by atoms with Crippen LogP contribution in [0.5, 0.6) is 5.75 Å². The summed E-state index contributed by atoms with van der Waals surface area (Å²) in [6.45, 7) is 1.69. The fraction of sp³-hybridized carbons (Fsp3) is 0.172. The van der Waals surface area contributed by atoms with Gasteiger partial charge in [-0.1, -0.05) is 71.6 Å². The number of rotatable bonds is 6. The Kier molecular flexibility index (Phi) is 6.58. The number of imide groups is 1. The van der Waals surface area contributed by atoms with Crippen molar-refractivity contribution in [2.45, 2.75) is 23.1 Å². The summed E-state index contributed by atoms with van der Waals surface area (Å²) in [6.07, 6.45) is 0. The van der Waals surface area contributed by atoms with Crippen LogP contribution in [0, 0.1) is 12.8 Å². The number of ether oxygens (including phenoxy) is 1. The van der Waals surface area contributed by atoms with Gasteiger partial charge in [-0.2, -0.15) is 0 Å². The second kappa shape index (κ2) is 10.2. The quantitative estimate of drug-likeness (QED) is 0.337.